The van der Waals surface area contributed by atoms with Crippen molar-refractivity contribution in [2.24, 2.45) is 0 Å². The largest absolute Gasteiger partial charge is 0.465 e. The molecule has 0 aliphatic carbocycles. The normalized spacial score (nSPS) is 15.0. The van der Waals surface area contributed by atoms with Crippen molar-refractivity contribution in [3.05, 3.63) is 70.1 Å². The molecule has 1 aliphatic rings. The van der Waals surface area contributed by atoms with Gasteiger partial charge in [0.15, 0.2) is 0 Å². The van der Waals surface area contributed by atoms with Gasteiger partial charge >= 0.3 is 11.7 Å². The molecule has 0 atom stereocenters. The van der Waals surface area contributed by atoms with Gasteiger partial charge in [-0.15, -0.1) is 0 Å². The van der Waals surface area contributed by atoms with E-state index in [4.69, 9.17) is 0 Å². The topological polar surface area (TPSA) is 84.4 Å². The highest BCUT2D eigenvalue weighted by Crippen LogP contribution is 2.25. The first-order valence-corrected chi connectivity index (χ1v) is 9.25. The molecule has 1 fully saturated rings. The van der Waals surface area contributed by atoms with E-state index in [2.05, 4.69) is 9.72 Å². The van der Waals surface area contributed by atoms with Crippen molar-refractivity contribution in [2.75, 3.05) is 20.2 Å². The standard InChI is InChI=1S/C21H21N3O4/c1-28-20(26)15-8-6-14(7-9-15)19(25)23-12-10-16(11-13-23)24-18-5-3-2-4-17(18)22-21(24)27/h2-9,16H,10-13H2,1H3,(H,22,27). The number of methoxy groups -OCH3 is 1. The molecular weight excluding hydrogens is 358 g/mol. The van der Waals surface area contributed by atoms with Crippen molar-refractivity contribution in [3.8, 4) is 0 Å². The van der Waals surface area contributed by atoms with Crippen LogP contribution in [0.4, 0.5) is 0 Å². The van der Waals surface area contributed by atoms with Crippen LogP contribution >= 0.6 is 0 Å². The highest BCUT2D eigenvalue weighted by atomic mass is 16.5. The van der Waals surface area contributed by atoms with Gasteiger partial charge in [-0.1, -0.05) is 12.1 Å². The Labute approximate surface area is 161 Å². The number of nitrogens with zero attached hydrogens (tertiary/aromatic N) is 2. The van der Waals surface area contributed by atoms with Crippen LogP contribution in [0, 0.1) is 0 Å². The van der Waals surface area contributed by atoms with Crippen LogP contribution in [-0.4, -0.2) is 46.5 Å². The molecule has 1 aliphatic heterocycles. The van der Waals surface area contributed by atoms with Gasteiger partial charge in [-0.2, -0.15) is 0 Å². The molecule has 1 N–H and O–H groups in total. The number of H-pyrrole nitrogens is 1. The predicted octanol–water partition coefficient (Wildman–Crippen LogP) is 2.59. The third kappa shape index (κ3) is 3.19. The fourth-order valence-electron chi connectivity index (χ4n) is 3.81. The average molecular weight is 379 g/mol. The van der Waals surface area contributed by atoms with E-state index in [1.165, 1.54) is 7.11 Å². The lowest BCUT2D eigenvalue weighted by molar-refractivity contribution is 0.0599. The molecule has 3 aromatic rings. The zero-order valence-electron chi connectivity index (χ0n) is 15.6. The number of benzene rings is 2. The Morgan fingerprint density at radius 1 is 1.00 bits per heavy atom. The zero-order valence-corrected chi connectivity index (χ0v) is 15.6. The quantitative estimate of drug-likeness (QED) is 0.709. The maximum atomic E-state index is 12.8. The summed E-state index contributed by atoms with van der Waals surface area (Å²) in [5.74, 6) is -0.495. The van der Waals surface area contributed by atoms with E-state index in [0.717, 1.165) is 11.0 Å². The lowest BCUT2D eigenvalue weighted by Gasteiger charge is -2.32. The summed E-state index contributed by atoms with van der Waals surface area (Å²) in [6, 6.07) is 14.2. The second-order valence-electron chi connectivity index (χ2n) is 6.91. The van der Waals surface area contributed by atoms with Crippen molar-refractivity contribution in [2.45, 2.75) is 18.9 Å². The van der Waals surface area contributed by atoms with Gasteiger partial charge in [0.1, 0.15) is 0 Å². The number of imidazole rings is 1. The number of para-hydroxylation sites is 2. The number of carbonyl (C=O) groups is 2. The van der Waals surface area contributed by atoms with Crippen LogP contribution in [0.5, 0.6) is 0 Å². The van der Waals surface area contributed by atoms with Gasteiger partial charge in [0.2, 0.25) is 0 Å². The second kappa shape index (κ2) is 7.34. The first-order chi connectivity index (χ1) is 13.6. The summed E-state index contributed by atoms with van der Waals surface area (Å²) in [5, 5.41) is 0. The molecule has 0 radical (unpaired) electrons. The van der Waals surface area contributed by atoms with Crippen molar-refractivity contribution in [1.82, 2.24) is 14.5 Å². The molecule has 1 saturated heterocycles. The first-order valence-electron chi connectivity index (χ1n) is 9.25. The van der Waals surface area contributed by atoms with E-state index in [1.807, 2.05) is 28.8 Å². The number of likely N-dealkylation sites (tertiary alicyclic amines) is 1. The highest BCUT2D eigenvalue weighted by molar-refractivity contribution is 5.96. The van der Waals surface area contributed by atoms with Crippen LogP contribution in [0.3, 0.4) is 0 Å². The second-order valence-corrected chi connectivity index (χ2v) is 6.91. The van der Waals surface area contributed by atoms with E-state index < -0.39 is 5.97 Å². The Bertz CT molecular complexity index is 1070. The van der Waals surface area contributed by atoms with E-state index >= 15 is 0 Å². The van der Waals surface area contributed by atoms with E-state index in [0.29, 0.717) is 37.1 Å². The van der Waals surface area contributed by atoms with Crippen molar-refractivity contribution < 1.29 is 14.3 Å². The SMILES string of the molecule is COC(=O)c1ccc(C(=O)N2CCC(n3c(=O)[nH]c4ccccc43)CC2)cc1. The van der Waals surface area contributed by atoms with Crippen LogP contribution in [0.15, 0.2) is 53.3 Å². The molecule has 2 aromatic carbocycles. The Morgan fingerprint density at radius 2 is 1.64 bits per heavy atom. The molecule has 144 valence electrons. The first kappa shape index (κ1) is 18.0. The molecule has 7 heteroatoms. The lowest BCUT2D eigenvalue weighted by atomic mass is 10.0. The van der Waals surface area contributed by atoms with Crippen LogP contribution < -0.4 is 5.69 Å². The van der Waals surface area contributed by atoms with Gasteiger partial charge in [0, 0.05) is 24.7 Å². The minimum atomic E-state index is -0.427. The smallest absolute Gasteiger partial charge is 0.337 e. The fourth-order valence-corrected chi connectivity index (χ4v) is 3.81. The number of ether oxygens (including phenoxy) is 1. The number of fused-ring (bicyclic) bond motifs is 1. The third-order valence-corrected chi connectivity index (χ3v) is 5.29. The minimum absolute atomic E-state index is 0.0643. The summed E-state index contributed by atoms with van der Waals surface area (Å²) in [6.07, 6.45) is 1.43. The van der Waals surface area contributed by atoms with Crippen LogP contribution in [0.2, 0.25) is 0 Å². The van der Waals surface area contributed by atoms with Gasteiger partial charge < -0.3 is 14.6 Å². The average Bonchev–Trinajstić information content (AvgIpc) is 3.08. The molecule has 7 nitrogen and oxygen atoms in total. The number of esters is 1. The minimum Gasteiger partial charge on any atom is -0.465 e. The number of piperidine rings is 1. The summed E-state index contributed by atoms with van der Waals surface area (Å²) in [4.78, 5) is 41.3. The Balaban J connectivity index is 1.46. The maximum absolute atomic E-state index is 12.8. The van der Waals surface area contributed by atoms with E-state index in [-0.39, 0.29) is 17.6 Å². The monoisotopic (exact) mass is 379 g/mol. The molecule has 0 unspecified atom stereocenters. The Kier molecular flexibility index (Phi) is 4.73. The van der Waals surface area contributed by atoms with Gasteiger partial charge in [-0.05, 0) is 49.2 Å². The van der Waals surface area contributed by atoms with Gasteiger partial charge in [-0.25, -0.2) is 9.59 Å². The molecule has 0 saturated carbocycles. The van der Waals surface area contributed by atoms with Crippen molar-refractivity contribution >= 4 is 22.9 Å². The molecular formula is C21H21N3O4. The molecule has 0 spiro atoms. The Hall–Kier alpha value is -3.35. The molecule has 0 bridgehead atoms. The summed E-state index contributed by atoms with van der Waals surface area (Å²) in [6.45, 7) is 1.16. The number of carbonyl (C=O) groups excluding carboxylic acids is 2. The number of aromatic amines is 1. The number of amides is 1. The summed E-state index contributed by atoms with van der Waals surface area (Å²) < 4.78 is 6.48. The van der Waals surface area contributed by atoms with Crippen LogP contribution in [0.25, 0.3) is 11.0 Å². The van der Waals surface area contributed by atoms with Gasteiger partial charge in [0.25, 0.3) is 5.91 Å². The van der Waals surface area contributed by atoms with E-state index in [1.54, 1.807) is 29.2 Å². The summed E-state index contributed by atoms with van der Waals surface area (Å²) in [5.41, 5.74) is 2.57. The number of rotatable bonds is 3. The van der Waals surface area contributed by atoms with Gasteiger partial charge in [-0.3, -0.25) is 9.36 Å². The van der Waals surface area contributed by atoms with Crippen LogP contribution in [-0.2, 0) is 4.74 Å². The lowest BCUT2D eigenvalue weighted by Crippen LogP contribution is -2.40. The molecule has 1 aromatic heterocycles. The molecule has 4 rings (SSSR count). The summed E-state index contributed by atoms with van der Waals surface area (Å²) >= 11 is 0. The Morgan fingerprint density at radius 3 is 2.32 bits per heavy atom. The molecule has 28 heavy (non-hydrogen) atoms. The molecule has 1 amide bonds. The highest BCUT2D eigenvalue weighted by Gasteiger charge is 2.26. The van der Waals surface area contributed by atoms with Crippen molar-refractivity contribution in [3.63, 3.8) is 0 Å². The van der Waals surface area contributed by atoms with E-state index in [9.17, 15) is 14.4 Å². The number of hydrogen-bond acceptors (Lipinski definition) is 4. The third-order valence-electron chi connectivity index (χ3n) is 5.29. The number of aromatic nitrogens is 2. The van der Waals surface area contributed by atoms with Gasteiger partial charge in [0.05, 0.1) is 23.7 Å². The maximum Gasteiger partial charge on any atom is 0.337 e. The fraction of sp³-hybridized carbons (Fsp3) is 0.286. The summed E-state index contributed by atoms with van der Waals surface area (Å²) in [7, 11) is 1.32. The van der Waals surface area contributed by atoms with Crippen molar-refractivity contribution in [1.29, 1.82) is 0 Å². The van der Waals surface area contributed by atoms with Crippen LogP contribution in [0.1, 0.15) is 39.6 Å². The number of hydrogen-bond donors (Lipinski definition) is 1. The number of nitrogens with one attached hydrogen (secondary N) is 1. The zero-order chi connectivity index (χ0) is 19.7. The molecule has 2 heterocycles. The predicted molar refractivity (Wildman–Crippen MR) is 105 cm³/mol.